The molecular formula is C12H12N6S. The predicted molar refractivity (Wildman–Crippen MR) is 70.1 cm³/mol. The molecule has 0 amide bonds. The average molecular weight is 272 g/mol. The van der Waals surface area contributed by atoms with Crippen LogP contribution in [-0.2, 0) is 0 Å². The molecule has 7 heteroatoms. The zero-order chi connectivity index (χ0) is 12.8. The van der Waals surface area contributed by atoms with Crippen LogP contribution in [-0.4, -0.2) is 33.1 Å². The summed E-state index contributed by atoms with van der Waals surface area (Å²) >= 11 is 1.72. The second-order valence-corrected chi connectivity index (χ2v) is 6.06. The molecule has 19 heavy (non-hydrogen) atoms. The van der Waals surface area contributed by atoms with Crippen molar-refractivity contribution in [3.63, 3.8) is 0 Å². The second-order valence-electron chi connectivity index (χ2n) is 5.08. The van der Waals surface area contributed by atoms with E-state index in [4.69, 9.17) is 5.26 Å². The molecule has 1 aliphatic heterocycles. The lowest BCUT2D eigenvalue weighted by Crippen LogP contribution is -2.48. The topological polar surface area (TPSA) is 70.6 Å². The van der Waals surface area contributed by atoms with Gasteiger partial charge < -0.3 is 4.90 Å². The van der Waals surface area contributed by atoms with Gasteiger partial charge in [0.25, 0.3) is 0 Å². The lowest BCUT2D eigenvalue weighted by atomic mass is 10.1. The van der Waals surface area contributed by atoms with Gasteiger partial charge in [0.05, 0.1) is 17.8 Å². The smallest absolute Gasteiger partial charge is 0.208 e. The Morgan fingerprint density at radius 2 is 2.16 bits per heavy atom. The third-order valence-corrected chi connectivity index (χ3v) is 4.74. The summed E-state index contributed by atoms with van der Waals surface area (Å²) in [5.41, 5.74) is 0.616. The molecule has 0 unspecified atom stereocenters. The van der Waals surface area contributed by atoms with E-state index in [-0.39, 0.29) is 0 Å². The summed E-state index contributed by atoms with van der Waals surface area (Å²) in [7, 11) is 0. The maximum Gasteiger partial charge on any atom is 0.208 e. The highest BCUT2D eigenvalue weighted by Crippen LogP contribution is 2.43. The quantitative estimate of drug-likeness (QED) is 0.847. The Kier molecular flexibility index (Phi) is 2.32. The molecule has 0 spiro atoms. The van der Waals surface area contributed by atoms with Gasteiger partial charge in [-0.2, -0.15) is 10.4 Å². The molecule has 2 aromatic heterocycles. The molecule has 0 aromatic carbocycles. The lowest BCUT2D eigenvalue weighted by molar-refractivity contribution is 0.367. The Morgan fingerprint density at radius 1 is 1.32 bits per heavy atom. The van der Waals surface area contributed by atoms with Gasteiger partial charge in [0.1, 0.15) is 11.1 Å². The van der Waals surface area contributed by atoms with E-state index < -0.39 is 0 Å². The van der Waals surface area contributed by atoms with Gasteiger partial charge in [0.2, 0.25) is 5.13 Å². The fourth-order valence-electron chi connectivity index (χ4n) is 2.22. The molecule has 2 fully saturated rings. The molecule has 0 bridgehead atoms. The van der Waals surface area contributed by atoms with E-state index in [0.29, 0.717) is 17.5 Å². The molecule has 1 saturated carbocycles. The van der Waals surface area contributed by atoms with Crippen molar-refractivity contribution < 1.29 is 0 Å². The Hall–Kier alpha value is -1.94. The van der Waals surface area contributed by atoms with E-state index in [1.807, 2.05) is 4.68 Å². The molecule has 2 aliphatic rings. The molecule has 1 saturated heterocycles. The third-order valence-electron chi connectivity index (χ3n) is 3.59. The van der Waals surface area contributed by atoms with Crippen LogP contribution in [0.15, 0.2) is 12.4 Å². The first-order valence-corrected chi connectivity index (χ1v) is 7.18. The van der Waals surface area contributed by atoms with E-state index in [1.165, 1.54) is 17.8 Å². The van der Waals surface area contributed by atoms with E-state index in [2.05, 4.69) is 26.3 Å². The molecule has 0 radical (unpaired) electrons. The number of nitrogens with zero attached hydrogens (tertiary/aromatic N) is 6. The minimum absolute atomic E-state index is 0.343. The first kappa shape index (κ1) is 10.9. The van der Waals surface area contributed by atoms with Crippen molar-refractivity contribution in [3.8, 4) is 6.07 Å². The first-order chi connectivity index (χ1) is 9.33. The van der Waals surface area contributed by atoms with Crippen molar-refractivity contribution in [2.75, 3.05) is 18.0 Å². The van der Waals surface area contributed by atoms with Crippen LogP contribution in [0.4, 0.5) is 5.13 Å². The molecule has 0 N–H and O–H groups in total. The molecule has 96 valence electrons. The van der Waals surface area contributed by atoms with E-state index >= 15 is 0 Å². The summed E-state index contributed by atoms with van der Waals surface area (Å²) < 4.78 is 1.87. The normalized spacial score (nSPS) is 19.2. The molecule has 3 heterocycles. The summed E-state index contributed by atoms with van der Waals surface area (Å²) in [6, 6.07) is 2.44. The summed E-state index contributed by atoms with van der Waals surface area (Å²) in [5, 5.41) is 23.7. The zero-order valence-electron chi connectivity index (χ0n) is 10.2. The summed E-state index contributed by atoms with van der Waals surface area (Å²) in [5.74, 6) is 0.674. The highest BCUT2D eigenvalue weighted by Gasteiger charge is 2.33. The first-order valence-electron chi connectivity index (χ1n) is 6.36. The summed E-state index contributed by atoms with van der Waals surface area (Å²) in [4.78, 5) is 2.22. The van der Waals surface area contributed by atoms with Gasteiger partial charge in [-0.25, -0.2) is 0 Å². The Bertz CT molecular complexity index is 643. The zero-order valence-corrected chi connectivity index (χ0v) is 11.0. The van der Waals surface area contributed by atoms with Gasteiger partial charge in [-0.1, -0.05) is 11.3 Å². The highest BCUT2D eigenvalue weighted by molar-refractivity contribution is 7.15. The van der Waals surface area contributed by atoms with Crippen LogP contribution >= 0.6 is 11.3 Å². The van der Waals surface area contributed by atoms with Gasteiger partial charge in [0.15, 0.2) is 0 Å². The van der Waals surface area contributed by atoms with Crippen molar-refractivity contribution in [2.45, 2.75) is 24.8 Å². The summed E-state index contributed by atoms with van der Waals surface area (Å²) in [6.07, 6.45) is 5.94. The molecule has 2 aromatic rings. The van der Waals surface area contributed by atoms with Crippen molar-refractivity contribution in [1.82, 2.24) is 20.0 Å². The average Bonchev–Trinajstić information content (AvgIpc) is 2.93. The molecular weight excluding hydrogens is 260 g/mol. The van der Waals surface area contributed by atoms with Gasteiger partial charge in [-0.3, -0.25) is 4.68 Å². The van der Waals surface area contributed by atoms with E-state index in [0.717, 1.165) is 18.2 Å². The fraction of sp³-hybridized carbons (Fsp3) is 0.500. The standard InChI is InChI=1S/C12H12N6S/c13-3-8-4-14-18(5-8)10-6-17(7-10)12-16-15-11(19-12)9-1-2-9/h4-5,9-10H,1-2,6-7H2. The second kappa shape index (κ2) is 4.03. The van der Waals surface area contributed by atoms with Crippen LogP contribution in [0.1, 0.15) is 35.4 Å². The number of hydrogen-bond acceptors (Lipinski definition) is 6. The monoisotopic (exact) mass is 272 g/mol. The van der Waals surface area contributed by atoms with Gasteiger partial charge >= 0.3 is 0 Å². The van der Waals surface area contributed by atoms with Crippen LogP contribution in [0, 0.1) is 11.3 Å². The van der Waals surface area contributed by atoms with Crippen LogP contribution < -0.4 is 4.90 Å². The lowest BCUT2D eigenvalue weighted by Gasteiger charge is -2.38. The number of hydrogen-bond donors (Lipinski definition) is 0. The Balaban J connectivity index is 1.42. The van der Waals surface area contributed by atoms with Crippen LogP contribution in [0.5, 0.6) is 0 Å². The number of nitriles is 1. The predicted octanol–water partition coefficient (Wildman–Crippen LogP) is 1.54. The number of aromatic nitrogens is 4. The minimum Gasteiger partial charge on any atom is -0.342 e. The van der Waals surface area contributed by atoms with Crippen LogP contribution in [0.3, 0.4) is 0 Å². The van der Waals surface area contributed by atoms with Crippen LogP contribution in [0.25, 0.3) is 0 Å². The minimum atomic E-state index is 0.343. The third kappa shape index (κ3) is 1.88. The van der Waals surface area contributed by atoms with Crippen molar-refractivity contribution in [1.29, 1.82) is 5.26 Å². The maximum atomic E-state index is 8.78. The van der Waals surface area contributed by atoms with Gasteiger partial charge in [0, 0.05) is 25.2 Å². The highest BCUT2D eigenvalue weighted by atomic mass is 32.1. The Labute approximate surface area is 114 Å². The Morgan fingerprint density at radius 3 is 2.84 bits per heavy atom. The van der Waals surface area contributed by atoms with E-state index in [1.54, 1.807) is 23.7 Å². The van der Waals surface area contributed by atoms with Crippen LogP contribution in [0.2, 0.25) is 0 Å². The SMILES string of the molecule is N#Cc1cnn(C2CN(c3nnc(C4CC4)s3)C2)c1. The van der Waals surface area contributed by atoms with Gasteiger partial charge in [-0.15, -0.1) is 10.2 Å². The van der Waals surface area contributed by atoms with E-state index in [9.17, 15) is 0 Å². The van der Waals surface area contributed by atoms with Gasteiger partial charge in [-0.05, 0) is 12.8 Å². The largest absolute Gasteiger partial charge is 0.342 e. The molecule has 0 atom stereocenters. The fourth-order valence-corrected chi connectivity index (χ4v) is 3.25. The number of anilines is 1. The maximum absolute atomic E-state index is 8.78. The van der Waals surface area contributed by atoms with Crippen molar-refractivity contribution in [3.05, 3.63) is 23.0 Å². The van der Waals surface area contributed by atoms with Crippen molar-refractivity contribution >= 4 is 16.5 Å². The summed E-state index contributed by atoms with van der Waals surface area (Å²) in [6.45, 7) is 1.79. The van der Waals surface area contributed by atoms with Crippen molar-refractivity contribution in [2.24, 2.45) is 0 Å². The molecule has 4 rings (SSSR count). The molecule has 1 aliphatic carbocycles. The number of rotatable bonds is 3. The molecule has 6 nitrogen and oxygen atoms in total.